The standard InChI is InChI=1S/C13H16O4S/c1-2-3-4-8-18(16,17)12-7-5-6-11(9-12)10-13(14)15/h3-7,9H,2,8,10H2,1H3,(H,14,15)/b4-3+. The minimum atomic E-state index is -3.37. The molecule has 0 aliphatic rings. The Bertz CT molecular complexity index is 544. The Labute approximate surface area is 107 Å². The van der Waals surface area contributed by atoms with Gasteiger partial charge in [-0.25, -0.2) is 8.42 Å². The molecule has 4 nitrogen and oxygen atoms in total. The fourth-order valence-electron chi connectivity index (χ4n) is 1.48. The van der Waals surface area contributed by atoms with Crippen molar-refractivity contribution in [2.75, 3.05) is 5.75 Å². The lowest BCUT2D eigenvalue weighted by Gasteiger charge is -2.03. The van der Waals surface area contributed by atoms with Gasteiger partial charge >= 0.3 is 5.97 Å². The molecule has 1 aromatic rings. The Morgan fingerprint density at radius 3 is 2.67 bits per heavy atom. The van der Waals surface area contributed by atoms with Gasteiger partial charge in [0.25, 0.3) is 0 Å². The largest absolute Gasteiger partial charge is 0.481 e. The summed E-state index contributed by atoms with van der Waals surface area (Å²) in [6.45, 7) is 1.93. The molecule has 1 aromatic carbocycles. The average Bonchev–Trinajstić information content (AvgIpc) is 2.28. The summed E-state index contributed by atoms with van der Waals surface area (Å²) in [5, 5.41) is 8.67. The first kappa shape index (κ1) is 14.4. The molecule has 0 heterocycles. The number of carboxylic acid groups (broad SMARTS) is 1. The van der Waals surface area contributed by atoms with E-state index in [9.17, 15) is 13.2 Å². The number of hydrogen-bond acceptors (Lipinski definition) is 3. The van der Waals surface area contributed by atoms with Crippen molar-refractivity contribution in [1.29, 1.82) is 0 Å². The normalized spacial score (nSPS) is 11.8. The quantitative estimate of drug-likeness (QED) is 0.801. The molecule has 0 unspecified atom stereocenters. The van der Waals surface area contributed by atoms with Gasteiger partial charge in [-0.3, -0.25) is 4.79 Å². The molecule has 0 aliphatic carbocycles. The van der Waals surface area contributed by atoms with E-state index in [2.05, 4.69) is 0 Å². The second kappa shape index (κ2) is 6.35. The van der Waals surface area contributed by atoms with Crippen molar-refractivity contribution in [2.24, 2.45) is 0 Å². The van der Waals surface area contributed by atoms with Crippen molar-refractivity contribution >= 4 is 15.8 Å². The molecule has 1 N–H and O–H groups in total. The molecule has 0 bridgehead atoms. The summed E-state index contributed by atoms with van der Waals surface area (Å²) in [7, 11) is -3.37. The van der Waals surface area contributed by atoms with Gasteiger partial charge in [-0.2, -0.15) is 0 Å². The third-order valence-corrected chi connectivity index (χ3v) is 3.93. The van der Waals surface area contributed by atoms with Crippen LogP contribution in [-0.2, 0) is 21.1 Å². The van der Waals surface area contributed by atoms with Crippen LogP contribution in [0, 0.1) is 0 Å². The van der Waals surface area contributed by atoms with E-state index < -0.39 is 15.8 Å². The molecular weight excluding hydrogens is 252 g/mol. The molecule has 98 valence electrons. The highest BCUT2D eigenvalue weighted by Gasteiger charge is 2.13. The smallest absolute Gasteiger partial charge is 0.307 e. The van der Waals surface area contributed by atoms with E-state index >= 15 is 0 Å². The third-order valence-electron chi connectivity index (χ3n) is 2.33. The monoisotopic (exact) mass is 268 g/mol. The molecule has 0 saturated heterocycles. The highest BCUT2D eigenvalue weighted by molar-refractivity contribution is 7.91. The number of carboxylic acids is 1. The number of allylic oxidation sites excluding steroid dienone is 1. The number of rotatable bonds is 6. The number of sulfone groups is 1. The van der Waals surface area contributed by atoms with Crippen molar-refractivity contribution < 1.29 is 18.3 Å². The van der Waals surface area contributed by atoms with Gasteiger partial charge in [0.2, 0.25) is 0 Å². The lowest BCUT2D eigenvalue weighted by Crippen LogP contribution is -2.06. The van der Waals surface area contributed by atoms with Crippen LogP contribution < -0.4 is 0 Å². The Kier molecular flexibility index (Phi) is 5.09. The van der Waals surface area contributed by atoms with Crippen LogP contribution in [0.1, 0.15) is 18.9 Å². The molecule has 0 spiro atoms. The molecule has 1 rings (SSSR count). The minimum Gasteiger partial charge on any atom is -0.481 e. The van der Waals surface area contributed by atoms with E-state index in [1.807, 2.05) is 6.92 Å². The van der Waals surface area contributed by atoms with Gasteiger partial charge < -0.3 is 5.11 Å². The van der Waals surface area contributed by atoms with Crippen molar-refractivity contribution in [2.45, 2.75) is 24.7 Å². The third kappa shape index (κ3) is 4.33. The minimum absolute atomic E-state index is 0.0582. The van der Waals surface area contributed by atoms with Gasteiger partial charge in [-0.05, 0) is 24.1 Å². The zero-order valence-corrected chi connectivity index (χ0v) is 11.0. The summed E-state index contributed by atoms with van der Waals surface area (Å²) in [6, 6.07) is 6.08. The molecule has 0 saturated carbocycles. The molecule has 0 aliphatic heterocycles. The van der Waals surface area contributed by atoms with Gasteiger partial charge in [0, 0.05) is 0 Å². The van der Waals surface area contributed by atoms with Crippen LogP contribution in [-0.4, -0.2) is 25.2 Å². The Balaban J connectivity index is 2.95. The van der Waals surface area contributed by atoms with Crippen molar-refractivity contribution in [3.8, 4) is 0 Å². The summed E-state index contributed by atoms with van der Waals surface area (Å²) >= 11 is 0. The number of aliphatic carboxylic acids is 1. The maximum Gasteiger partial charge on any atom is 0.307 e. The number of carbonyl (C=O) groups is 1. The molecule has 0 atom stereocenters. The van der Waals surface area contributed by atoms with E-state index in [1.54, 1.807) is 24.3 Å². The first-order chi connectivity index (χ1) is 8.45. The summed E-state index contributed by atoms with van der Waals surface area (Å²) in [5.74, 6) is -1.03. The van der Waals surface area contributed by atoms with Crippen LogP contribution in [0.15, 0.2) is 41.3 Å². The van der Waals surface area contributed by atoms with Crippen LogP contribution in [0.2, 0.25) is 0 Å². The van der Waals surface area contributed by atoms with Crippen LogP contribution in [0.4, 0.5) is 0 Å². The van der Waals surface area contributed by atoms with Crippen molar-refractivity contribution in [3.05, 3.63) is 42.0 Å². The van der Waals surface area contributed by atoms with Gasteiger partial charge in [-0.15, -0.1) is 0 Å². The maximum absolute atomic E-state index is 11.9. The Hall–Kier alpha value is -1.62. The molecule has 0 amide bonds. The number of hydrogen-bond donors (Lipinski definition) is 1. The predicted molar refractivity (Wildman–Crippen MR) is 69.3 cm³/mol. The maximum atomic E-state index is 11.9. The molecule has 0 aromatic heterocycles. The zero-order chi connectivity index (χ0) is 13.6. The topological polar surface area (TPSA) is 71.4 Å². The number of benzene rings is 1. The first-order valence-corrected chi connectivity index (χ1v) is 7.29. The zero-order valence-electron chi connectivity index (χ0n) is 10.2. The molecule has 0 fully saturated rings. The summed E-state index contributed by atoms with van der Waals surface area (Å²) in [5.41, 5.74) is 0.489. The molecule has 18 heavy (non-hydrogen) atoms. The SMILES string of the molecule is CC/C=C/CS(=O)(=O)c1cccc(CC(=O)O)c1. The summed E-state index contributed by atoms with van der Waals surface area (Å²) < 4.78 is 23.9. The fourth-order valence-corrected chi connectivity index (χ4v) is 2.68. The van der Waals surface area contributed by atoms with E-state index in [0.29, 0.717) is 5.56 Å². The van der Waals surface area contributed by atoms with Crippen LogP contribution >= 0.6 is 0 Å². The summed E-state index contributed by atoms with van der Waals surface area (Å²) in [4.78, 5) is 10.7. The van der Waals surface area contributed by atoms with E-state index in [0.717, 1.165) is 6.42 Å². The highest BCUT2D eigenvalue weighted by atomic mass is 32.2. The summed E-state index contributed by atoms with van der Waals surface area (Å²) in [6.07, 6.45) is 4.01. The fraction of sp³-hybridized carbons (Fsp3) is 0.308. The van der Waals surface area contributed by atoms with Crippen LogP contribution in [0.5, 0.6) is 0 Å². The van der Waals surface area contributed by atoms with Gasteiger partial charge in [0.15, 0.2) is 9.84 Å². The second-order valence-corrected chi connectivity index (χ2v) is 5.91. The van der Waals surface area contributed by atoms with Crippen LogP contribution in [0.25, 0.3) is 0 Å². The Morgan fingerprint density at radius 1 is 1.33 bits per heavy atom. The van der Waals surface area contributed by atoms with Gasteiger partial charge in [0.1, 0.15) is 0 Å². The second-order valence-electron chi connectivity index (χ2n) is 3.88. The molecular formula is C13H16O4S. The average molecular weight is 268 g/mol. The van der Waals surface area contributed by atoms with E-state index in [-0.39, 0.29) is 17.1 Å². The van der Waals surface area contributed by atoms with E-state index in [4.69, 9.17) is 5.11 Å². The Morgan fingerprint density at radius 2 is 2.06 bits per heavy atom. The first-order valence-electron chi connectivity index (χ1n) is 5.64. The lowest BCUT2D eigenvalue weighted by molar-refractivity contribution is -0.136. The predicted octanol–water partition coefficient (Wildman–Crippen LogP) is 2.05. The van der Waals surface area contributed by atoms with E-state index in [1.165, 1.54) is 12.1 Å². The van der Waals surface area contributed by atoms with Crippen LogP contribution in [0.3, 0.4) is 0 Å². The molecule has 0 radical (unpaired) electrons. The van der Waals surface area contributed by atoms with Crippen molar-refractivity contribution in [1.82, 2.24) is 0 Å². The highest BCUT2D eigenvalue weighted by Crippen LogP contribution is 2.14. The lowest BCUT2D eigenvalue weighted by atomic mass is 10.2. The molecule has 5 heteroatoms. The van der Waals surface area contributed by atoms with Gasteiger partial charge in [-0.1, -0.05) is 31.2 Å². The van der Waals surface area contributed by atoms with Gasteiger partial charge in [0.05, 0.1) is 17.1 Å². The van der Waals surface area contributed by atoms with Crippen molar-refractivity contribution in [3.63, 3.8) is 0 Å².